The van der Waals surface area contributed by atoms with Crippen molar-refractivity contribution in [3.63, 3.8) is 0 Å². The number of benzene rings is 1. The monoisotopic (exact) mass is 308 g/mol. The minimum absolute atomic E-state index is 0.266. The maximum atomic E-state index is 5.41. The average Bonchev–Trinajstić information content (AvgIpc) is 2.15. The first-order valence-electron chi connectivity index (χ1n) is 3.74. The van der Waals surface area contributed by atoms with E-state index in [9.17, 15) is 0 Å². The molecule has 1 aromatic carbocycles. The standard InChI is InChI=1S/C9H10Br2O2/c1-12-6-13-9-7(5-10)3-2-4-8(9)11/h2-4H,5-6H2,1H3. The SMILES string of the molecule is COCOc1c(Br)cccc1CBr. The minimum Gasteiger partial charge on any atom is -0.466 e. The van der Waals surface area contributed by atoms with Gasteiger partial charge in [0.25, 0.3) is 0 Å². The molecule has 0 aliphatic carbocycles. The first kappa shape index (κ1) is 11.0. The summed E-state index contributed by atoms with van der Waals surface area (Å²) < 4.78 is 11.2. The fraction of sp³-hybridized carbons (Fsp3) is 0.333. The fourth-order valence-electron chi connectivity index (χ4n) is 0.938. The van der Waals surface area contributed by atoms with E-state index < -0.39 is 0 Å². The molecular weight excluding hydrogens is 300 g/mol. The molecule has 72 valence electrons. The van der Waals surface area contributed by atoms with E-state index in [4.69, 9.17) is 9.47 Å². The zero-order chi connectivity index (χ0) is 9.68. The van der Waals surface area contributed by atoms with Gasteiger partial charge in [0.15, 0.2) is 6.79 Å². The summed E-state index contributed by atoms with van der Waals surface area (Å²) in [5.74, 6) is 0.834. The Bertz CT molecular complexity index is 276. The summed E-state index contributed by atoms with van der Waals surface area (Å²) in [5.41, 5.74) is 1.10. The second kappa shape index (κ2) is 5.62. The zero-order valence-electron chi connectivity index (χ0n) is 7.22. The number of hydrogen-bond donors (Lipinski definition) is 0. The van der Waals surface area contributed by atoms with Crippen molar-refractivity contribution in [2.75, 3.05) is 13.9 Å². The molecule has 0 heterocycles. The molecule has 0 bridgehead atoms. The van der Waals surface area contributed by atoms with Gasteiger partial charge in [0.05, 0.1) is 4.47 Å². The molecule has 0 unspecified atom stereocenters. The van der Waals surface area contributed by atoms with Crippen molar-refractivity contribution >= 4 is 31.9 Å². The lowest BCUT2D eigenvalue weighted by Crippen LogP contribution is -2.01. The smallest absolute Gasteiger partial charge is 0.188 e. The van der Waals surface area contributed by atoms with E-state index in [0.29, 0.717) is 0 Å². The van der Waals surface area contributed by atoms with Crippen LogP contribution in [0.25, 0.3) is 0 Å². The number of ether oxygens (including phenoxy) is 2. The first-order valence-corrected chi connectivity index (χ1v) is 5.66. The van der Waals surface area contributed by atoms with Gasteiger partial charge in [-0.25, -0.2) is 0 Å². The van der Waals surface area contributed by atoms with E-state index >= 15 is 0 Å². The quantitative estimate of drug-likeness (QED) is 0.627. The molecule has 0 spiro atoms. The topological polar surface area (TPSA) is 18.5 Å². The number of alkyl halides is 1. The van der Waals surface area contributed by atoms with E-state index in [2.05, 4.69) is 31.9 Å². The molecule has 1 rings (SSSR count). The lowest BCUT2D eigenvalue weighted by atomic mass is 10.2. The van der Waals surface area contributed by atoms with Crippen LogP contribution in [-0.2, 0) is 10.1 Å². The van der Waals surface area contributed by atoms with Gasteiger partial charge in [0.2, 0.25) is 0 Å². The summed E-state index contributed by atoms with van der Waals surface area (Å²) in [6, 6.07) is 5.92. The predicted octanol–water partition coefficient (Wildman–Crippen LogP) is 3.33. The van der Waals surface area contributed by atoms with Crippen LogP contribution in [0.5, 0.6) is 5.75 Å². The van der Waals surface area contributed by atoms with Crippen molar-refractivity contribution in [2.24, 2.45) is 0 Å². The molecule has 1 aromatic rings. The van der Waals surface area contributed by atoms with Crippen molar-refractivity contribution in [1.82, 2.24) is 0 Å². The minimum atomic E-state index is 0.266. The van der Waals surface area contributed by atoms with Crippen LogP contribution < -0.4 is 4.74 Å². The van der Waals surface area contributed by atoms with Gasteiger partial charge in [0, 0.05) is 18.0 Å². The molecule has 0 saturated heterocycles. The van der Waals surface area contributed by atoms with Gasteiger partial charge in [0.1, 0.15) is 5.75 Å². The molecule has 0 aliphatic rings. The van der Waals surface area contributed by atoms with Gasteiger partial charge in [-0.3, -0.25) is 0 Å². The lowest BCUT2D eigenvalue weighted by molar-refractivity contribution is 0.0500. The molecule has 4 heteroatoms. The summed E-state index contributed by atoms with van der Waals surface area (Å²) in [6.45, 7) is 0.266. The Hall–Kier alpha value is -0.0600. The second-order valence-corrected chi connectivity index (χ2v) is 3.83. The summed E-state index contributed by atoms with van der Waals surface area (Å²) in [5, 5.41) is 0.769. The van der Waals surface area contributed by atoms with E-state index in [0.717, 1.165) is 21.1 Å². The van der Waals surface area contributed by atoms with Crippen molar-refractivity contribution in [3.8, 4) is 5.75 Å². The molecule has 0 N–H and O–H groups in total. The van der Waals surface area contributed by atoms with Gasteiger partial charge in [-0.05, 0) is 22.0 Å². The Balaban J connectivity index is 2.87. The summed E-state index contributed by atoms with van der Waals surface area (Å²) >= 11 is 6.81. The molecule has 0 radical (unpaired) electrons. The molecule has 0 amide bonds. The highest BCUT2D eigenvalue weighted by molar-refractivity contribution is 9.10. The Labute approximate surface area is 94.5 Å². The Morgan fingerprint density at radius 1 is 1.38 bits per heavy atom. The van der Waals surface area contributed by atoms with Gasteiger partial charge in [-0.1, -0.05) is 28.1 Å². The molecule has 13 heavy (non-hydrogen) atoms. The maximum absolute atomic E-state index is 5.41. The summed E-state index contributed by atoms with van der Waals surface area (Å²) in [6.07, 6.45) is 0. The maximum Gasteiger partial charge on any atom is 0.188 e. The van der Waals surface area contributed by atoms with Crippen LogP contribution in [0.3, 0.4) is 0 Å². The largest absolute Gasteiger partial charge is 0.466 e. The summed E-state index contributed by atoms with van der Waals surface area (Å²) in [4.78, 5) is 0. The predicted molar refractivity (Wildman–Crippen MR) is 59.3 cm³/mol. The van der Waals surface area contributed by atoms with Gasteiger partial charge in [-0.15, -0.1) is 0 Å². The van der Waals surface area contributed by atoms with Crippen LogP contribution in [-0.4, -0.2) is 13.9 Å². The molecule has 2 nitrogen and oxygen atoms in total. The first-order chi connectivity index (χ1) is 6.29. The van der Waals surface area contributed by atoms with Gasteiger partial charge >= 0.3 is 0 Å². The Kier molecular flexibility index (Phi) is 4.77. The number of rotatable bonds is 4. The van der Waals surface area contributed by atoms with E-state index in [1.807, 2.05) is 18.2 Å². The van der Waals surface area contributed by atoms with Gasteiger partial charge in [-0.2, -0.15) is 0 Å². The normalized spacial score (nSPS) is 10.1. The average molecular weight is 310 g/mol. The third kappa shape index (κ3) is 2.97. The van der Waals surface area contributed by atoms with E-state index in [-0.39, 0.29) is 6.79 Å². The van der Waals surface area contributed by atoms with Crippen molar-refractivity contribution in [3.05, 3.63) is 28.2 Å². The van der Waals surface area contributed by atoms with Crippen LogP contribution in [0.2, 0.25) is 0 Å². The third-order valence-electron chi connectivity index (χ3n) is 1.51. The molecule has 0 saturated carbocycles. The molecule has 0 aliphatic heterocycles. The number of para-hydroxylation sites is 1. The highest BCUT2D eigenvalue weighted by Gasteiger charge is 2.05. The zero-order valence-corrected chi connectivity index (χ0v) is 10.4. The molecule has 0 aromatic heterocycles. The number of methoxy groups -OCH3 is 1. The van der Waals surface area contributed by atoms with Crippen molar-refractivity contribution in [2.45, 2.75) is 5.33 Å². The van der Waals surface area contributed by atoms with Gasteiger partial charge < -0.3 is 9.47 Å². The van der Waals surface area contributed by atoms with Crippen molar-refractivity contribution < 1.29 is 9.47 Å². The molecular formula is C9H10Br2O2. The third-order valence-corrected chi connectivity index (χ3v) is 2.74. The Morgan fingerprint density at radius 2 is 2.15 bits per heavy atom. The molecule has 0 atom stereocenters. The fourth-order valence-corrected chi connectivity index (χ4v) is 1.90. The van der Waals surface area contributed by atoms with Crippen LogP contribution >= 0.6 is 31.9 Å². The van der Waals surface area contributed by atoms with Crippen LogP contribution in [0.1, 0.15) is 5.56 Å². The van der Waals surface area contributed by atoms with Crippen molar-refractivity contribution in [1.29, 1.82) is 0 Å². The second-order valence-electron chi connectivity index (χ2n) is 2.41. The highest BCUT2D eigenvalue weighted by Crippen LogP contribution is 2.30. The van der Waals surface area contributed by atoms with E-state index in [1.54, 1.807) is 7.11 Å². The highest BCUT2D eigenvalue weighted by atomic mass is 79.9. The number of hydrogen-bond acceptors (Lipinski definition) is 2. The van der Waals surface area contributed by atoms with E-state index in [1.165, 1.54) is 0 Å². The summed E-state index contributed by atoms with van der Waals surface area (Å²) in [7, 11) is 1.60. The van der Waals surface area contributed by atoms with Crippen LogP contribution in [0.15, 0.2) is 22.7 Å². The Morgan fingerprint density at radius 3 is 2.77 bits per heavy atom. The van der Waals surface area contributed by atoms with Crippen LogP contribution in [0, 0.1) is 0 Å². The lowest BCUT2D eigenvalue weighted by Gasteiger charge is -2.10. The number of halogens is 2. The molecule has 0 fully saturated rings. The van der Waals surface area contributed by atoms with Crippen LogP contribution in [0.4, 0.5) is 0 Å².